The van der Waals surface area contributed by atoms with Gasteiger partial charge in [-0.25, -0.2) is 4.98 Å². The summed E-state index contributed by atoms with van der Waals surface area (Å²) >= 11 is 0. The summed E-state index contributed by atoms with van der Waals surface area (Å²) in [6.07, 6.45) is 1.06. The molecular formula is C13H18N4O6. The molecule has 23 heavy (non-hydrogen) atoms. The molecule has 1 rings (SSSR count). The molecule has 0 aliphatic carbocycles. The third kappa shape index (κ3) is 4.36. The number of aromatic nitrogens is 2. The standard InChI is InChI=1S/C13H18N4O6/c1-6(16-22-3)10(18)12(20)8-9(15-5-14-8)13(21)11(19)7(2)17-23-4/h5-7,16-17H,1-4H3,(H,14,15)/t6-,7-/m0/s1. The number of carbonyl (C=O) groups excluding carboxylic acids is 4. The summed E-state index contributed by atoms with van der Waals surface area (Å²) < 4.78 is 0. The Bertz CT molecular complexity index is 561. The van der Waals surface area contributed by atoms with Crippen LogP contribution in [0.4, 0.5) is 0 Å². The van der Waals surface area contributed by atoms with Crippen LogP contribution >= 0.6 is 0 Å². The quantitative estimate of drug-likeness (QED) is 0.280. The number of H-pyrrole nitrogens is 1. The van der Waals surface area contributed by atoms with E-state index in [1.807, 2.05) is 0 Å². The summed E-state index contributed by atoms with van der Waals surface area (Å²) in [5, 5.41) is 0. The lowest BCUT2D eigenvalue weighted by Gasteiger charge is -2.10. The number of hydrogen-bond donors (Lipinski definition) is 3. The minimum Gasteiger partial charge on any atom is -0.341 e. The van der Waals surface area contributed by atoms with E-state index in [1.54, 1.807) is 0 Å². The van der Waals surface area contributed by atoms with Crippen LogP contribution in [0, 0.1) is 0 Å². The van der Waals surface area contributed by atoms with E-state index in [1.165, 1.54) is 28.1 Å². The lowest BCUT2D eigenvalue weighted by atomic mass is 10.0. The van der Waals surface area contributed by atoms with Crippen molar-refractivity contribution in [3.63, 3.8) is 0 Å². The normalized spacial score (nSPS) is 13.4. The summed E-state index contributed by atoms with van der Waals surface area (Å²) in [6.45, 7) is 2.82. The van der Waals surface area contributed by atoms with Crippen LogP contribution < -0.4 is 11.0 Å². The van der Waals surface area contributed by atoms with Gasteiger partial charge in [-0.2, -0.15) is 11.0 Å². The van der Waals surface area contributed by atoms with Crippen molar-refractivity contribution in [3.8, 4) is 0 Å². The SMILES string of the molecule is CON[C@@H](C)C(=O)C(=O)c1nc[nH]c1C(=O)C(=O)[C@H](C)NOC. The molecule has 0 saturated carbocycles. The summed E-state index contributed by atoms with van der Waals surface area (Å²) in [4.78, 5) is 63.4. The van der Waals surface area contributed by atoms with Crippen molar-refractivity contribution >= 4 is 23.1 Å². The van der Waals surface area contributed by atoms with E-state index >= 15 is 0 Å². The number of carbonyl (C=O) groups is 4. The maximum atomic E-state index is 12.1. The predicted octanol–water partition coefficient (Wildman–Crippen LogP) is -1.01. The Hall–Kier alpha value is -2.27. The molecule has 0 radical (unpaired) electrons. The van der Waals surface area contributed by atoms with Gasteiger partial charge in [0.25, 0.3) is 5.78 Å². The average Bonchev–Trinajstić information content (AvgIpc) is 3.01. The van der Waals surface area contributed by atoms with E-state index in [-0.39, 0.29) is 5.69 Å². The Balaban J connectivity index is 3.00. The van der Waals surface area contributed by atoms with Crippen LogP contribution in [0.25, 0.3) is 0 Å². The van der Waals surface area contributed by atoms with Crippen LogP contribution in [0.15, 0.2) is 6.33 Å². The summed E-state index contributed by atoms with van der Waals surface area (Å²) in [6, 6.07) is -1.86. The van der Waals surface area contributed by atoms with Gasteiger partial charge in [-0.3, -0.25) is 19.2 Å². The van der Waals surface area contributed by atoms with Crippen LogP contribution in [-0.4, -0.2) is 59.4 Å². The number of nitrogens with one attached hydrogen (secondary N) is 3. The molecule has 1 heterocycles. The minimum atomic E-state index is -1.01. The zero-order valence-electron chi connectivity index (χ0n) is 13.1. The Morgan fingerprint density at radius 3 is 1.96 bits per heavy atom. The highest BCUT2D eigenvalue weighted by molar-refractivity contribution is 6.50. The number of aromatic amines is 1. The number of imidazole rings is 1. The molecule has 0 bridgehead atoms. The third-order valence-corrected chi connectivity index (χ3v) is 2.90. The Morgan fingerprint density at radius 2 is 1.48 bits per heavy atom. The molecule has 2 atom stereocenters. The van der Waals surface area contributed by atoms with Gasteiger partial charge in [0.1, 0.15) is 11.4 Å². The number of Topliss-reactive ketones (excluding diaryl/α,β-unsaturated/α-hetero) is 4. The van der Waals surface area contributed by atoms with Crippen LogP contribution in [0.3, 0.4) is 0 Å². The first-order valence-electron chi connectivity index (χ1n) is 6.62. The molecule has 0 aliphatic heterocycles. The van der Waals surface area contributed by atoms with Crippen molar-refractivity contribution in [1.29, 1.82) is 0 Å². The van der Waals surface area contributed by atoms with E-state index in [2.05, 4.69) is 30.6 Å². The summed E-state index contributed by atoms with van der Waals surface area (Å²) in [5.74, 6) is -3.70. The van der Waals surface area contributed by atoms with Gasteiger partial charge in [0.15, 0.2) is 0 Å². The molecule has 0 spiro atoms. The molecule has 0 amide bonds. The first-order valence-corrected chi connectivity index (χ1v) is 6.62. The molecule has 10 nitrogen and oxygen atoms in total. The second kappa shape index (κ2) is 8.39. The average molecular weight is 326 g/mol. The second-order valence-corrected chi connectivity index (χ2v) is 4.60. The molecule has 10 heteroatoms. The number of nitrogens with zero attached hydrogens (tertiary/aromatic N) is 1. The maximum Gasteiger partial charge on any atom is 0.250 e. The monoisotopic (exact) mass is 326 g/mol. The fraction of sp³-hybridized carbons (Fsp3) is 0.462. The van der Waals surface area contributed by atoms with Gasteiger partial charge >= 0.3 is 0 Å². The maximum absolute atomic E-state index is 12.1. The fourth-order valence-electron chi connectivity index (χ4n) is 1.73. The van der Waals surface area contributed by atoms with Crippen LogP contribution in [0.5, 0.6) is 0 Å². The minimum absolute atomic E-state index is 0.345. The first kappa shape index (κ1) is 18.8. The smallest absolute Gasteiger partial charge is 0.250 e. The van der Waals surface area contributed by atoms with Gasteiger partial charge in [-0.1, -0.05) is 0 Å². The molecule has 126 valence electrons. The Kier molecular flexibility index (Phi) is 6.85. The van der Waals surface area contributed by atoms with E-state index in [9.17, 15) is 19.2 Å². The zero-order valence-corrected chi connectivity index (χ0v) is 13.1. The van der Waals surface area contributed by atoms with Gasteiger partial charge in [0, 0.05) is 0 Å². The summed E-state index contributed by atoms with van der Waals surface area (Å²) in [7, 11) is 2.59. The predicted molar refractivity (Wildman–Crippen MR) is 76.5 cm³/mol. The third-order valence-electron chi connectivity index (χ3n) is 2.90. The molecule has 0 saturated heterocycles. The number of hydrogen-bond acceptors (Lipinski definition) is 9. The zero-order chi connectivity index (χ0) is 17.6. The molecule has 0 unspecified atom stereocenters. The van der Waals surface area contributed by atoms with Crippen LogP contribution in [0.1, 0.15) is 34.8 Å². The van der Waals surface area contributed by atoms with Crippen LogP contribution in [-0.2, 0) is 19.3 Å². The molecule has 1 aromatic heterocycles. The van der Waals surface area contributed by atoms with E-state index in [0.717, 1.165) is 6.33 Å². The molecular weight excluding hydrogens is 308 g/mol. The highest BCUT2D eigenvalue weighted by Crippen LogP contribution is 2.09. The van der Waals surface area contributed by atoms with Crippen molar-refractivity contribution in [3.05, 3.63) is 17.7 Å². The topological polar surface area (TPSA) is 139 Å². The lowest BCUT2D eigenvalue weighted by Crippen LogP contribution is -2.40. The van der Waals surface area contributed by atoms with E-state index in [4.69, 9.17) is 0 Å². The molecule has 3 N–H and O–H groups in total. The molecule has 0 aromatic carbocycles. The van der Waals surface area contributed by atoms with Crippen molar-refractivity contribution in [2.24, 2.45) is 0 Å². The fourth-order valence-corrected chi connectivity index (χ4v) is 1.73. The van der Waals surface area contributed by atoms with E-state index < -0.39 is 40.9 Å². The molecule has 1 aromatic rings. The number of ketones is 4. The summed E-state index contributed by atoms with van der Waals surface area (Å²) in [5.41, 5.74) is 3.86. The lowest BCUT2D eigenvalue weighted by molar-refractivity contribution is -0.120. The van der Waals surface area contributed by atoms with Crippen molar-refractivity contribution in [2.75, 3.05) is 14.2 Å². The Labute approximate surface area is 131 Å². The van der Waals surface area contributed by atoms with Gasteiger partial charge in [0.05, 0.1) is 32.6 Å². The van der Waals surface area contributed by atoms with Gasteiger partial charge in [-0.15, -0.1) is 0 Å². The van der Waals surface area contributed by atoms with Crippen LogP contribution in [0.2, 0.25) is 0 Å². The van der Waals surface area contributed by atoms with Crippen molar-refractivity contribution in [2.45, 2.75) is 25.9 Å². The van der Waals surface area contributed by atoms with Gasteiger partial charge in [0.2, 0.25) is 17.3 Å². The van der Waals surface area contributed by atoms with Crippen molar-refractivity contribution < 1.29 is 28.9 Å². The highest BCUT2D eigenvalue weighted by atomic mass is 16.6. The first-order chi connectivity index (χ1) is 10.8. The van der Waals surface area contributed by atoms with Gasteiger partial charge < -0.3 is 14.7 Å². The Morgan fingerprint density at radius 1 is 1.00 bits per heavy atom. The number of rotatable bonds is 10. The second-order valence-electron chi connectivity index (χ2n) is 4.60. The molecule has 0 aliphatic rings. The van der Waals surface area contributed by atoms with Crippen molar-refractivity contribution in [1.82, 2.24) is 20.9 Å². The number of hydroxylamine groups is 2. The molecule has 0 fully saturated rings. The largest absolute Gasteiger partial charge is 0.341 e. The van der Waals surface area contributed by atoms with Gasteiger partial charge in [-0.05, 0) is 13.8 Å². The van der Waals surface area contributed by atoms with E-state index in [0.29, 0.717) is 0 Å². The highest BCUT2D eigenvalue weighted by Gasteiger charge is 2.32.